The first-order valence-corrected chi connectivity index (χ1v) is 9.22. The number of piperazine rings is 1. The van der Waals surface area contributed by atoms with Crippen LogP contribution < -0.4 is 10.6 Å². The zero-order chi connectivity index (χ0) is 15.4. The topological polar surface area (TPSA) is 57.8 Å². The lowest BCUT2D eigenvalue weighted by Crippen LogP contribution is -2.51. The van der Waals surface area contributed by atoms with Crippen LogP contribution >= 0.6 is 46.7 Å². The van der Waals surface area contributed by atoms with Crippen LogP contribution in [-0.2, 0) is 13.0 Å². The van der Waals surface area contributed by atoms with E-state index < -0.39 is 0 Å². The molecule has 0 aliphatic carbocycles. The third-order valence-electron chi connectivity index (χ3n) is 3.76. The summed E-state index contributed by atoms with van der Waals surface area (Å²) in [4.78, 5) is 16.1. The summed E-state index contributed by atoms with van der Waals surface area (Å²) in [5.74, 6) is 0.658. The van der Waals surface area contributed by atoms with Crippen molar-refractivity contribution >= 4 is 57.7 Å². The first-order chi connectivity index (χ1) is 10.8. The van der Waals surface area contributed by atoms with Gasteiger partial charge in [-0.3, -0.25) is 0 Å². The molecule has 2 aromatic rings. The van der Waals surface area contributed by atoms with E-state index in [1.54, 1.807) is 11.3 Å². The van der Waals surface area contributed by atoms with Gasteiger partial charge in [-0.15, -0.1) is 46.7 Å². The molecular weight excluding hydrogens is 441 g/mol. The maximum atomic E-state index is 6.15. The minimum Gasteiger partial charge on any atom is -0.370 e. The van der Waals surface area contributed by atoms with E-state index in [1.807, 2.05) is 22.9 Å². The van der Waals surface area contributed by atoms with E-state index in [1.165, 1.54) is 9.75 Å². The highest BCUT2D eigenvalue weighted by Crippen LogP contribution is 2.19. The van der Waals surface area contributed by atoms with Crippen LogP contribution in [0, 0.1) is 0 Å². The van der Waals surface area contributed by atoms with E-state index in [9.17, 15) is 0 Å². The van der Waals surface area contributed by atoms with Crippen molar-refractivity contribution < 1.29 is 0 Å². The number of thiazole rings is 1. The third-order valence-corrected chi connectivity index (χ3v) is 5.80. The largest absolute Gasteiger partial charge is 0.370 e. The summed E-state index contributed by atoms with van der Waals surface area (Å²) in [7, 11) is 0. The SMILES string of the molecule is CCc1ccc(CN=C(N)N2CCN(c3nccs3)CC2)s1.I. The summed E-state index contributed by atoms with van der Waals surface area (Å²) in [6.45, 7) is 6.56. The Bertz CT molecular complexity index is 618. The molecule has 2 aromatic heterocycles. The Hall–Kier alpha value is -0.870. The molecule has 0 radical (unpaired) electrons. The lowest BCUT2D eigenvalue weighted by Gasteiger charge is -2.35. The number of halogens is 1. The molecule has 23 heavy (non-hydrogen) atoms. The fourth-order valence-corrected chi connectivity index (χ4v) is 4.03. The van der Waals surface area contributed by atoms with Gasteiger partial charge >= 0.3 is 0 Å². The Morgan fingerprint density at radius 3 is 2.61 bits per heavy atom. The normalized spacial score (nSPS) is 15.6. The van der Waals surface area contributed by atoms with Gasteiger partial charge in [0, 0.05) is 47.5 Å². The molecule has 0 bridgehead atoms. The maximum absolute atomic E-state index is 6.15. The monoisotopic (exact) mass is 463 g/mol. The number of hydrogen-bond donors (Lipinski definition) is 1. The van der Waals surface area contributed by atoms with Gasteiger partial charge in [-0.25, -0.2) is 9.98 Å². The van der Waals surface area contributed by atoms with Gasteiger partial charge in [-0.2, -0.15) is 0 Å². The van der Waals surface area contributed by atoms with Gasteiger partial charge in [0.15, 0.2) is 11.1 Å². The van der Waals surface area contributed by atoms with Crippen molar-refractivity contribution in [1.29, 1.82) is 0 Å². The van der Waals surface area contributed by atoms with Crippen LogP contribution in [0.25, 0.3) is 0 Å². The van der Waals surface area contributed by atoms with Crippen molar-refractivity contribution in [3.05, 3.63) is 33.5 Å². The quantitative estimate of drug-likeness (QED) is 0.430. The molecule has 0 spiro atoms. The molecule has 0 saturated carbocycles. The fourth-order valence-electron chi connectivity index (χ4n) is 2.46. The van der Waals surface area contributed by atoms with Crippen molar-refractivity contribution in [2.45, 2.75) is 19.9 Å². The van der Waals surface area contributed by atoms with Crippen LogP contribution in [0.15, 0.2) is 28.7 Å². The average molecular weight is 463 g/mol. The van der Waals surface area contributed by atoms with Gasteiger partial charge in [0.05, 0.1) is 6.54 Å². The minimum atomic E-state index is 0. The predicted molar refractivity (Wildman–Crippen MR) is 110 cm³/mol. The Morgan fingerprint density at radius 1 is 1.26 bits per heavy atom. The second kappa shape index (κ2) is 8.84. The van der Waals surface area contributed by atoms with Gasteiger partial charge in [0.25, 0.3) is 0 Å². The van der Waals surface area contributed by atoms with Crippen LogP contribution in [0.3, 0.4) is 0 Å². The Labute approximate surface area is 162 Å². The Balaban J connectivity index is 0.00000192. The standard InChI is InChI=1S/C15H21N5S2.HI/c1-2-12-3-4-13(22-12)11-18-14(16)19-6-8-20(9-7-19)15-17-5-10-21-15;/h3-5,10H,2,6-9,11H2,1H3,(H2,16,18);1H. The number of nitrogens with zero attached hydrogens (tertiary/aromatic N) is 4. The number of hydrogen-bond acceptors (Lipinski definition) is 5. The predicted octanol–water partition coefficient (Wildman–Crippen LogP) is 3.02. The van der Waals surface area contributed by atoms with E-state index in [0.717, 1.165) is 37.7 Å². The van der Waals surface area contributed by atoms with Crippen molar-refractivity contribution in [3.63, 3.8) is 0 Å². The molecule has 1 aliphatic rings. The van der Waals surface area contributed by atoms with E-state index >= 15 is 0 Å². The Kier molecular flexibility index (Phi) is 7.09. The zero-order valence-corrected chi connectivity index (χ0v) is 17.1. The number of aliphatic imine (C=N–C) groups is 1. The third kappa shape index (κ3) is 4.80. The summed E-state index contributed by atoms with van der Waals surface area (Å²) in [5, 5.41) is 3.11. The summed E-state index contributed by atoms with van der Waals surface area (Å²) in [5.41, 5.74) is 6.15. The van der Waals surface area contributed by atoms with Gasteiger partial charge < -0.3 is 15.5 Å². The van der Waals surface area contributed by atoms with Gasteiger partial charge in [-0.1, -0.05) is 6.92 Å². The molecule has 5 nitrogen and oxygen atoms in total. The van der Waals surface area contributed by atoms with Gasteiger partial charge in [0.1, 0.15) is 0 Å². The zero-order valence-electron chi connectivity index (χ0n) is 13.1. The molecule has 3 rings (SSSR count). The lowest BCUT2D eigenvalue weighted by atomic mass is 10.3. The smallest absolute Gasteiger partial charge is 0.191 e. The van der Waals surface area contributed by atoms with E-state index in [2.05, 4.69) is 38.8 Å². The fraction of sp³-hybridized carbons (Fsp3) is 0.467. The molecule has 0 amide bonds. The number of thiophene rings is 1. The summed E-state index contributed by atoms with van der Waals surface area (Å²) < 4.78 is 0. The Morgan fingerprint density at radius 2 is 2.00 bits per heavy atom. The lowest BCUT2D eigenvalue weighted by molar-refractivity contribution is 0.380. The van der Waals surface area contributed by atoms with Crippen molar-refractivity contribution in [3.8, 4) is 0 Å². The first-order valence-electron chi connectivity index (χ1n) is 7.53. The second-order valence-electron chi connectivity index (χ2n) is 5.18. The highest BCUT2D eigenvalue weighted by Gasteiger charge is 2.19. The molecular formula is C15H22IN5S2. The highest BCUT2D eigenvalue weighted by molar-refractivity contribution is 14.0. The van der Waals surface area contributed by atoms with Crippen LogP contribution in [0.4, 0.5) is 5.13 Å². The van der Waals surface area contributed by atoms with E-state index in [4.69, 9.17) is 5.73 Å². The van der Waals surface area contributed by atoms with Gasteiger partial charge in [-0.05, 0) is 18.6 Å². The molecule has 8 heteroatoms. The molecule has 1 aliphatic heterocycles. The molecule has 0 unspecified atom stereocenters. The number of guanidine groups is 1. The van der Waals surface area contributed by atoms with E-state index in [-0.39, 0.29) is 24.0 Å². The van der Waals surface area contributed by atoms with Crippen LogP contribution in [0.1, 0.15) is 16.7 Å². The van der Waals surface area contributed by atoms with Crippen molar-refractivity contribution in [2.24, 2.45) is 10.7 Å². The molecule has 0 aromatic carbocycles. The number of rotatable bonds is 4. The number of aryl methyl sites for hydroxylation is 1. The number of anilines is 1. The maximum Gasteiger partial charge on any atom is 0.191 e. The highest BCUT2D eigenvalue weighted by atomic mass is 127. The molecule has 126 valence electrons. The number of nitrogens with two attached hydrogens (primary N) is 1. The average Bonchev–Trinajstić information content (AvgIpc) is 3.24. The van der Waals surface area contributed by atoms with Crippen molar-refractivity contribution in [1.82, 2.24) is 9.88 Å². The summed E-state index contributed by atoms with van der Waals surface area (Å²) in [6, 6.07) is 4.33. The minimum absolute atomic E-state index is 0. The molecule has 2 N–H and O–H groups in total. The van der Waals surface area contributed by atoms with Gasteiger partial charge in [0.2, 0.25) is 0 Å². The summed E-state index contributed by atoms with van der Waals surface area (Å²) >= 11 is 3.51. The van der Waals surface area contributed by atoms with Crippen LogP contribution in [0.5, 0.6) is 0 Å². The second-order valence-corrected chi connectivity index (χ2v) is 7.31. The van der Waals surface area contributed by atoms with Crippen LogP contribution in [-0.4, -0.2) is 42.0 Å². The van der Waals surface area contributed by atoms with Crippen LogP contribution in [0.2, 0.25) is 0 Å². The first kappa shape index (κ1) is 18.5. The molecule has 1 saturated heterocycles. The molecule has 0 atom stereocenters. The van der Waals surface area contributed by atoms with Crippen molar-refractivity contribution in [2.75, 3.05) is 31.1 Å². The molecule has 1 fully saturated rings. The van der Waals surface area contributed by atoms with E-state index in [0.29, 0.717) is 12.5 Å². The number of aromatic nitrogens is 1. The summed E-state index contributed by atoms with van der Waals surface area (Å²) in [6.07, 6.45) is 2.94. The molecule has 3 heterocycles.